The van der Waals surface area contributed by atoms with Crippen LogP contribution in [0.3, 0.4) is 0 Å². The van der Waals surface area contributed by atoms with Crippen molar-refractivity contribution in [3.8, 4) is 0 Å². The first-order valence-electron chi connectivity index (χ1n) is 8.21. The Kier molecular flexibility index (Phi) is 15.1. The molecule has 0 aliphatic heterocycles. The molecular weight excluding hydrogens is 244 g/mol. The van der Waals surface area contributed by atoms with Crippen molar-refractivity contribution in [2.24, 2.45) is 0 Å². The number of Topliss-reactive ketones (excluding diaryl/α,β-unsaturated/α-hetero) is 1. The largest absolute Gasteiger partial charge is 0.300 e. The van der Waals surface area contributed by atoms with Crippen molar-refractivity contribution >= 4 is 5.78 Å². The fourth-order valence-corrected chi connectivity index (χ4v) is 1.93. The van der Waals surface area contributed by atoms with Crippen LogP contribution in [0.15, 0.2) is 36.5 Å². The summed E-state index contributed by atoms with van der Waals surface area (Å²) in [6.45, 7) is 3.90. The molecule has 0 heterocycles. The van der Waals surface area contributed by atoms with E-state index in [1.54, 1.807) is 6.92 Å². The summed E-state index contributed by atoms with van der Waals surface area (Å²) in [4.78, 5) is 10.7. The van der Waals surface area contributed by atoms with Crippen LogP contribution >= 0.6 is 0 Å². The van der Waals surface area contributed by atoms with Crippen LogP contribution < -0.4 is 0 Å². The fraction of sp³-hybridized carbons (Fsp3) is 0.632. The van der Waals surface area contributed by atoms with Gasteiger partial charge in [0.15, 0.2) is 0 Å². The zero-order valence-corrected chi connectivity index (χ0v) is 13.4. The minimum absolute atomic E-state index is 0.305. The van der Waals surface area contributed by atoms with Gasteiger partial charge in [-0.05, 0) is 51.9 Å². The van der Waals surface area contributed by atoms with E-state index in [0.717, 1.165) is 38.5 Å². The number of rotatable bonds is 13. The quantitative estimate of drug-likeness (QED) is 0.290. The highest BCUT2D eigenvalue weighted by atomic mass is 16.1. The Bertz CT molecular complexity index is 297. The number of hydrogen-bond donors (Lipinski definition) is 0. The number of ketones is 1. The zero-order valence-electron chi connectivity index (χ0n) is 13.4. The molecule has 1 nitrogen and oxygen atoms in total. The van der Waals surface area contributed by atoms with Gasteiger partial charge >= 0.3 is 0 Å². The highest BCUT2D eigenvalue weighted by Gasteiger charge is 1.91. The minimum Gasteiger partial charge on any atom is -0.300 e. The van der Waals surface area contributed by atoms with Gasteiger partial charge in [0.1, 0.15) is 5.78 Å². The monoisotopic (exact) mass is 276 g/mol. The number of carbonyl (C=O) groups is 1. The maximum atomic E-state index is 10.7. The second kappa shape index (κ2) is 15.9. The third-order valence-electron chi connectivity index (χ3n) is 3.17. The molecule has 0 aromatic carbocycles. The Labute approximate surface area is 125 Å². The van der Waals surface area contributed by atoms with Gasteiger partial charge in [-0.25, -0.2) is 0 Å². The van der Waals surface area contributed by atoms with Crippen LogP contribution in [-0.4, -0.2) is 5.78 Å². The van der Waals surface area contributed by atoms with Gasteiger partial charge in [0.25, 0.3) is 0 Å². The van der Waals surface area contributed by atoms with E-state index < -0.39 is 0 Å². The second-order valence-corrected chi connectivity index (χ2v) is 5.33. The predicted octanol–water partition coefficient (Wildman–Crippen LogP) is 6.16. The van der Waals surface area contributed by atoms with Crippen molar-refractivity contribution < 1.29 is 4.79 Å². The summed E-state index contributed by atoms with van der Waals surface area (Å²) >= 11 is 0. The van der Waals surface area contributed by atoms with E-state index in [1.165, 1.54) is 25.7 Å². The Morgan fingerprint density at radius 3 is 1.75 bits per heavy atom. The van der Waals surface area contributed by atoms with Gasteiger partial charge in [0.05, 0.1) is 0 Å². The number of unbranched alkanes of at least 4 members (excludes halogenated alkanes) is 5. The maximum absolute atomic E-state index is 10.7. The number of allylic oxidation sites excluding steroid dienone is 6. The molecule has 0 atom stereocenters. The maximum Gasteiger partial charge on any atom is 0.129 e. The Hall–Kier alpha value is -1.11. The van der Waals surface area contributed by atoms with Crippen molar-refractivity contribution in [2.45, 2.75) is 78.1 Å². The van der Waals surface area contributed by atoms with E-state index in [1.807, 2.05) is 0 Å². The normalized spacial score (nSPS) is 12.1. The number of carbonyl (C=O) groups excluding carboxylic acids is 1. The SMILES string of the molecule is CCCCCC=CCC=CCC=CCCCCC(C)=O. The fourth-order valence-electron chi connectivity index (χ4n) is 1.93. The average Bonchev–Trinajstić information content (AvgIpc) is 2.43. The molecular formula is C19H32O. The standard InChI is InChI=1S/C19H32O/c1-3-4-5-6-7-8-9-10-11-12-13-14-15-16-17-18-19(2)20/h7-8,10-11,13-14H,3-6,9,12,15-18H2,1-2H3. The van der Waals surface area contributed by atoms with Gasteiger partial charge in [-0.15, -0.1) is 0 Å². The van der Waals surface area contributed by atoms with Gasteiger partial charge in [-0.1, -0.05) is 56.2 Å². The van der Waals surface area contributed by atoms with Crippen molar-refractivity contribution in [2.75, 3.05) is 0 Å². The first-order valence-corrected chi connectivity index (χ1v) is 8.21. The zero-order chi connectivity index (χ0) is 14.9. The molecule has 0 saturated carbocycles. The van der Waals surface area contributed by atoms with Crippen LogP contribution in [0.25, 0.3) is 0 Å². The molecule has 0 fully saturated rings. The summed E-state index contributed by atoms with van der Waals surface area (Å²) in [5.41, 5.74) is 0. The lowest BCUT2D eigenvalue weighted by Crippen LogP contribution is -1.88. The van der Waals surface area contributed by atoms with Crippen LogP contribution in [0.5, 0.6) is 0 Å². The molecule has 0 aliphatic carbocycles. The molecule has 0 saturated heterocycles. The lowest BCUT2D eigenvalue weighted by Gasteiger charge is -1.93. The minimum atomic E-state index is 0.305. The van der Waals surface area contributed by atoms with Crippen molar-refractivity contribution in [3.05, 3.63) is 36.5 Å². The van der Waals surface area contributed by atoms with Crippen LogP contribution in [-0.2, 0) is 4.79 Å². The molecule has 0 rings (SSSR count). The van der Waals surface area contributed by atoms with Crippen molar-refractivity contribution in [3.63, 3.8) is 0 Å². The summed E-state index contributed by atoms with van der Waals surface area (Å²) < 4.78 is 0. The highest BCUT2D eigenvalue weighted by Crippen LogP contribution is 2.03. The van der Waals surface area contributed by atoms with Gasteiger partial charge in [0.2, 0.25) is 0 Å². The van der Waals surface area contributed by atoms with E-state index >= 15 is 0 Å². The summed E-state index contributed by atoms with van der Waals surface area (Å²) in [7, 11) is 0. The van der Waals surface area contributed by atoms with Crippen LogP contribution in [0, 0.1) is 0 Å². The summed E-state index contributed by atoms with van der Waals surface area (Å²) in [5.74, 6) is 0.305. The molecule has 0 bridgehead atoms. The second-order valence-electron chi connectivity index (χ2n) is 5.33. The molecule has 0 aliphatic rings. The summed E-state index contributed by atoms with van der Waals surface area (Å²) in [6.07, 6.45) is 24.7. The van der Waals surface area contributed by atoms with Gasteiger partial charge in [-0.3, -0.25) is 0 Å². The lowest BCUT2D eigenvalue weighted by atomic mass is 10.1. The molecule has 0 aromatic heterocycles. The summed E-state index contributed by atoms with van der Waals surface area (Å²) in [5, 5.41) is 0. The lowest BCUT2D eigenvalue weighted by molar-refractivity contribution is -0.117. The van der Waals surface area contributed by atoms with E-state index in [9.17, 15) is 4.79 Å². The Morgan fingerprint density at radius 2 is 1.25 bits per heavy atom. The van der Waals surface area contributed by atoms with Gasteiger partial charge < -0.3 is 4.79 Å². The Morgan fingerprint density at radius 1 is 0.750 bits per heavy atom. The molecule has 1 heteroatoms. The molecule has 0 radical (unpaired) electrons. The third-order valence-corrected chi connectivity index (χ3v) is 3.17. The first kappa shape index (κ1) is 18.9. The van der Waals surface area contributed by atoms with Crippen LogP contribution in [0.1, 0.15) is 78.1 Å². The van der Waals surface area contributed by atoms with Crippen LogP contribution in [0.4, 0.5) is 0 Å². The number of hydrogen-bond acceptors (Lipinski definition) is 1. The van der Waals surface area contributed by atoms with Crippen LogP contribution in [0.2, 0.25) is 0 Å². The molecule has 0 spiro atoms. The smallest absolute Gasteiger partial charge is 0.129 e. The molecule has 0 aromatic rings. The molecule has 114 valence electrons. The van der Waals surface area contributed by atoms with E-state index in [-0.39, 0.29) is 0 Å². The van der Waals surface area contributed by atoms with E-state index in [2.05, 4.69) is 43.4 Å². The summed E-state index contributed by atoms with van der Waals surface area (Å²) in [6, 6.07) is 0. The topological polar surface area (TPSA) is 17.1 Å². The molecule has 20 heavy (non-hydrogen) atoms. The van der Waals surface area contributed by atoms with E-state index in [0.29, 0.717) is 5.78 Å². The average molecular weight is 276 g/mol. The predicted molar refractivity (Wildman–Crippen MR) is 89.9 cm³/mol. The molecule has 0 N–H and O–H groups in total. The highest BCUT2D eigenvalue weighted by molar-refractivity contribution is 5.75. The van der Waals surface area contributed by atoms with Gasteiger partial charge in [0, 0.05) is 6.42 Å². The Balaban J connectivity index is 3.32. The third kappa shape index (κ3) is 16.9. The van der Waals surface area contributed by atoms with Crippen molar-refractivity contribution in [1.82, 2.24) is 0 Å². The van der Waals surface area contributed by atoms with E-state index in [4.69, 9.17) is 0 Å². The van der Waals surface area contributed by atoms with Crippen molar-refractivity contribution in [1.29, 1.82) is 0 Å². The molecule has 0 amide bonds. The van der Waals surface area contributed by atoms with Gasteiger partial charge in [-0.2, -0.15) is 0 Å². The first-order chi connectivity index (χ1) is 9.77. The molecule has 0 unspecified atom stereocenters.